The molecular formula is C44H60F3NO7. The fraction of sp³-hybridized carbons (Fsp3) is 0.432. The zero-order valence-electron chi connectivity index (χ0n) is 33.5. The van der Waals surface area contributed by atoms with E-state index in [1.165, 1.54) is 12.1 Å². The summed E-state index contributed by atoms with van der Waals surface area (Å²) in [5, 5.41) is 0. The molecular weight excluding hydrogens is 711 g/mol. The van der Waals surface area contributed by atoms with E-state index in [1.807, 2.05) is 82.4 Å². The summed E-state index contributed by atoms with van der Waals surface area (Å²) in [6.07, 6.45) is 13.3. The van der Waals surface area contributed by atoms with Crippen LogP contribution in [0.25, 0.3) is 5.57 Å². The number of esters is 2. The van der Waals surface area contributed by atoms with Crippen LogP contribution in [-0.4, -0.2) is 51.4 Å². The summed E-state index contributed by atoms with van der Waals surface area (Å²) >= 11 is 0. The number of ether oxygens (including phenoxy) is 4. The molecule has 11 heteroatoms. The first-order valence-electron chi connectivity index (χ1n) is 18.6. The van der Waals surface area contributed by atoms with E-state index in [1.54, 1.807) is 33.1 Å². The van der Waals surface area contributed by atoms with Crippen molar-refractivity contribution in [1.82, 2.24) is 0 Å². The Balaban J connectivity index is 0.000000986. The fourth-order valence-corrected chi connectivity index (χ4v) is 4.71. The lowest BCUT2D eigenvalue weighted by molar-refractivity contribution is -0.164. The van der Waals surface area contributed by atoms with Crippen LogP contribution in [0.2, 0.25) is 0 Å². The molecule has 0 fully saturated rings. The molecule has 0 saturated heterocycles. The van der Waals surface area contributed by atoms with Gasteiger partial charge in [0.15, 0.2) is 0 Å². The average Bonchev–Trinajstić information content (AvgIpc) is 3.48. The van der Waals surface area contributed by atoms with Crippen molar-refractivity contribution >= 4 is 23.4 Å². The van der Waals surface area contributed by atoms with Gasteiger partial charge in [0.05, 0.1) is 32.3 Å². The minimum atomic E-state index is -4.26. The van der Waals surface area contributed by atoms with Gasteiger partial charge in [0, 0.05) is 13.0 Å². The number of alkyl halides is 3. The molecule has 0 bridgehead atoms. The third-order valence-corrected chi connectivity index (χ3v) is 7.79. The highest BCUT2D eigenvalue weighted by Gasteiger charge is 2.44. The van der Waals surface area contributed by atoms with Crippen LogP contribution in [-0.2, 0) is 41.2 Å². The summed E-state index contributed by atoms with van der Waals surface area (Å²) < 4.78 is 58.9. The van der Waals surface area contributed by atoms with Crippen molar-refractivity contribution in [3.63, 3.8) is 0 Å². The molecule has 0 spiro atoms. The topological polar surface area (TPSA) is 114 Å². The molecule has 0 heterocycles. The molecule has 2 N–H and O–H groups in total. The first-order chi connectivity index (χ1) is 26.3. The van der Waals surface area contributed by atoms with Crippen molar-refractivity contribution in [1.29, 1.82) is 0 Å². The number of hydrogen-bond acceptors (Lipinski definition) is 7. The molecule has 304 valence electrons. The molecule has 1 amide bonds. The van der Waals surface area contributed by atoms with Crippen LogP contribution in [0.1, 0.15) is 90.3 Å². The second-order valence-electron chi connectivity index (χ2n) is 11.8. The smallest absolute Gasteiger partial charge is 0.416 e. The van der Waals surface area contributed by atoms with Gasteiger partial charge in [0.2, 0.25) is 5.91 Å². The molecule has 1 aliphatic carbocycles. The highest BCUT2D eigenvalue weighted by Crippen LogP contribution is 2.34. The van der Waals surface area contributed by atoms with Crippen molar-refractivity contribution in [3.8, 4) is 5.75 Å². The Kier molecular flexibility index (Phi) is 26.0. The monoisotopic (exact) mass is 771 g/mol. The summed E-state index contributed by atoms with van der Waals surface area (Å²) in [5.74, 6) is -0.496. The summed E-state index contributed by atoms with van der Waals surface area (Å²) in [7, 11) is 1.57. The number of halogens is 3. The molecule has 1 aliphatic rings. The highest BCUT2D eigenvalue weighted by atomic mass is 19.4. The van der Waals surface area contributed by atoms with Gasteiger partial charge < -0.3 is 24.7 Å². The van der Waals surface area contributed by atoms with E-state index >= 15 is 0 Å². The van der Waals surface area contributed by atoms with E-state index in [9.17, 15) is 27.6 Å². The largest absolute Gasteiger partial charge is 0.497 e. The number of amides is 1. The number of benzene rings is 2. The Bertz CT molecular complexity index is 1560. The first-order valence-corrected chi connectivity index (χ1v) is 18.6. The van der Waals surface area contributed by atoms with E-state index in [4.69, 9.17) is 18.9 Å². The van der Waals surface area contributed by atoms with Crippen molar-refractivity contribution in [2.75, 3.05) is 33.5 Å². The van der Waals surface area contributed by atoms with Crippen LogP contribution in [0, 0.1) is 5.41 Å². The predicted molar refractivity (Wildman–Crippen MR) is 214 cm³/mol. The number of hydrogen-bond donors (Lipinski definition) is 1. The number of primary amides is 1. The molecule has 0 aliphatic heterocycles. The number of unbranched alkanes of at least 4 members (excludes halogenated alkanes) is 2. The van der Waals surface area contributed by atoms with Crippen LogP contribution in [0.15, 0.2) is 103 Å². The summed E-state index contributed by atoms with van der Waals surface area (Å²) in [6.45, 7) is 15.4. The van der Waals surface area contributed by atoms with E-state index in [2.05, 4.69) is 12.3 Å². The maximum atomic E-state index is 13.0. The van der Waals surface area contributed by atoms with Crippen LogP contribution in [0.4, 0.5) is 13.2 Å². The number of carbonyl (C=O) groups is 3. The SMILES string of the molecule is C=CCCC/C=C(\C)c1ccc(C(F)(F)F)cc1.CC.CCC(N)=O.CCOCC(COC(=O)Cc1cccc(OC)c1)(C(=O)OCC)C1=CC=CCC=C1. The highest BCUT2D eigenvalue weighted by molar-refractivity contribution is 5.83. The van der Waals surface area contributed by atoms with Crippen LogP contribution in [0.3, 0.4) is 0 Å². The zero-order chi connectivity index (χ0) is 41.7. The average molecular weight is 772 g/mol. The lowest BCUT2D eigenvalue weighted by Crippen LogP contribution is -2.44. The van der Waals surface area contributed by atoms with Gasteiger partial charge in [0.25, 0.3) is 0 Å². The molecule has 55 heavy (non-hydrogen) atoms. The Morgan fingerprint density at radius 3 is 2.16 bits per heavy atom. The summed E-state index contributed by atoms with van der Waals surface area (Å²) in [5.41, 5.74) is 6.11. The van der Waals surface area contributed by atoms with Gasteiger partial charge >= 0.3 is 18.1 Å². The molecule has 3 rings (SSSR count). The van der Waals surface area contributed by atoms with Gasteiger partial charge in [-0.1, -0.05) is 87.6 Å². The molecule has 1 unspecified atom stereocenters. The fourth-order valence-electron chi connectivity index (χ4n) is 4.71. The summed E-state index contributed by atoms with van der Waals surface area (Å²) in [6, 6.07) is 12.5. The van der Waals surface area contributed by atoms with Crippen LogP contribution >= 0.6 is 0 Å². The number of carbonyl (C=O) groups excluding carboxylic acids is 3. The Morgan fingerprint density at radius 2 is 1.60 bits per heavy atom. The van der Waals surface area contributed by atoms with Gasteiger partial charge in [-0.3, -0.25) is 14.4 Å². The Morgan fingerprint density at radius 1 is 0.927 bits per heavy atom. The number of rotatable bonds is 17. The molecule has 0 aromatic heterocycles. The Hall–Kier alpha value is -4.90. The molecule has 2 aromatic rings. The maximum absolute atomic E-state index is 13.0. The Labute approximate surface area is 326 Å². The number of nitrogens with two attached hydrogens (primary N) is 1. The second kappa shape index (κ2) is 28.5. The second-order valence-corrected chi connectivity index (χ2v) is 11.8. The molecule has 8 nitrogen and oxygen atoms in total. The zero-order valence-corrected chi connectivity index (χ0v) is 33.5. The van der Waals surface area contributed by atoms with Crippen LogP contribution in [0.5, 0.6) is 5.75 Å². The summed E-state index contributed by atoms with van der Waals surface area (Å²) in [4.78, 5) is 35.2. The van der Waals surface area contributed by atoms with Gasteiger partial charge in [-0.15, -0.1) is 6.58 Å². The standard InChI is InChI=1S/C24H30O6.C15H17F3.C3H7NO.C2H6/c1-4-28-17-24(23(26)29-5-2,20-12-8-6-7-9-13-20)18-30-22(25)16-19-11-10-14-21(15-19)27-3;1-3-4-5-6-7-12(2)13-8-10-14(11-9-13)15(16,17)18;1-2-3(4)5;1-2/h6,8-15H,4-5,7,16-18H2,1-3H3;3,7-11H,1,4-6H2,2H3;2H2,1H3,(H2,4,5);1-2H3/b;12-7+;;. The van der Waals surface area contributed by atoms with Crippen molar-refractivity contribution in [3.05, 3.63) is 120 Å². The van der Waals surface area contributed by atoms with Gasteiger partial charge in [-0.2, -0.15) is 13.2 Å². The molecule has 0 saturated carbocycles. The van der Waals surface area contributed by atoms with Gasteiger partial charge in [0.1, 0.15) is 17.8 Å². The van der Waals surface area contributed by atoms with E-state index in [0.717, 1.165) is 54.5 Å². The minimum Gasteiger partial charge on any atom is -0.497 e. The predicted octanol–water partition coefficient (Wildman–Crippen LogP) is 10.2. The molecule has 2 aromatic carbocycles. The molecule has 0 radical (unpaired) electrons. The number of allylic oxidation sites excluding steroid dienone is 8. The molecule has 1 atom stereocenters. The lowest BCUT2D eigenvalue weighted by Gasteiger charge is -2.31. The van der Waals surface area contributed by atoms with Crippen molar-refractivity contribution in [2.24, 2.45) is 11.1 Å². The third kappa shape index (κ3) is 19.8. The van der Waals surface area contributed by atoms with E-state index < -0.39 is 29.1 Å². The first kappa shape index (κ1) is 50.1. The minimum absolute atomic E-state index is 0.0544. The van der Waals surface area contributed by atoms with Crippen molar-refractivity contribution < 1.29 is 46.5 Å². The lowest BCUT2D eigenvalue weighted by atomic mass is 9.80. The number of methoxy groups -OCH3 is 1. The van der Waals surface area contributed by atoms with Gasteiger partial charge in [-0.25, -0.2) is 0 Å². The normalized spacial score (nSPS) is 13.1. The van der Waals surface area contributed by atoms with Crippen LogP contribution < -0.4 is 10.5 Å². The van der Waals surface area contributed by atoms with E-state index in [-0.39, 0.29) is 32.1 Å². The van der Waals surface area contributed by atoms with Crippen molar-refractivity contribution in [2.45, 2.75) is 86.2 Å². The third-order valence-electron chi connectivity index (χ3n) is 7.79. The van der Waals surface area contributed by atoms with Gasteiger partial charge in [-0.05, 0) is 93.0 Å². The van der Waals surface area contributed by atoms with E-state index in [0.29, 0.717) is 24.4 Å². The quantitative estimate of drug-likeness (QED) is 0.0967. The maximum Gasteiger partial charge on any atom is 0.416 e.